The maximum Gasteiger partial charge on any atom is 0.189 e. The number of rotatable bonds is 5. The van der Waals surface area contributed by atoms with E-state index in [-0.39, 0.29) is 11.5 Å². The van der Waals surface area contributed by atoms with Crippen LogP contribution in [0.5, 0.6) is 5.75 Å². The van der Waals surface area contributed by atoms with Gasteiger partial charge in [-0.1, -0.05) is 30.3 Å². The van der Waals surface area contributed by atoms with Gasteiger partial charge in [0.15, 0.2) is 5.78 Å². The Bertz CT molecular complexity index is 794. The SMILES string of the molecule is O=C(c1ccc(O)cc1)C(S)N1C[C@@H]2C[C@@](O)(Cc3ccccc3)C[C@@H]2C1. The van der Waals surface area contributed by atoms with E-state index in [1.165, 1.54) is 17.7 Å². The lowest BCUT2D eigenvalue weighted by molar-refractivity contribution is 0.0351. The van der Waals surface area contributed by atoms with Crippen LogP contribution in [0.1, 0.15) is 28.8 Å². The van der Waals surface area contributed by atoms with E-state index < -0.39 is 11.0 Å². The third-order valence-electron chi connectivity index (χ3n) is 6.00. The molecule has 0 aromatic heterocycles. The van der Waals surface area contributed by atoms with E-state index in [1.54, 1.807) is 12.1 Å². The van der Waals surface area contributed by atoms with Crippen molar-refractivity contribution in [2.24, 2.45) is 11.8 Å². The topological polar surface area (TPSA) is 60.8 Å². The van der Waals surface area contributed by atoms with Crippen LogP contribution in [0.15, 0.2) is 54.6 Å². The first-order valence-electron chi connectivity index (χ1n) is 9.45. The highest BCUT2D eigenvalue weighted by atomic mass is 32.1. The van der Waals surface area contributed by atoms with Crippen LogP contribution in [-0.4, -0.2) is 45.0 Å². The monoisotopic (exact) mass is 383 g/mol. The fraction of sp³-hybridized carbons (Fsp3) is 0.409. The normalized spacial score (nSPS) is 28.8. The predicted octanol–water partition coefficient (Wildman–Crippen LogP) is 3.15. The van der Waals surface area contributed by atoms with Gasteiger partial charge in [-0.15, -0.1) is 0 Å². The first kappa shape index (κ1) is 18.5. The minimum Gasteiger partial charge on any atom is -0.508 e. The lowest BCUT2D eigenvalue weighted by Gasteiger charge is -2.28. The van der Waals surface area contributed by atoms with Gasteiger partial charge in [-0.3, -0.25) is 9.69 Å². The second-order valence-electron chi connectivity index (χ2n) is 8.05. The zero-order valence-corrected chi connectivity index (χ0v) is 16.1. The molecule has 2 aromatic rings. The van der Waals surface area contributed by atoms with Crippen LogP contribution in [-0.2, 0) is 6.42 Å². The van der Waals surface area contributed by atoms with E-state index in [4.69, 9.17) is 0 Å². The van der Waals surface area contributed by atoms with Gasteiger partial charge in [-0.05, 0) is 54.5 Å². The molecule has 1 aliphatic carbocycles. The molecule has 0 amide bonds. The lowest BCUT2D eigenvalue weighted by atomic mass is 9.91. The van der Waals surface area contributed by atoms with Gasteiger partial charge in [0.2, 0.25) is 0 Å². The highest BCUT2D eigenvalue weighted by molar-refractivity contribution is 7.81. The molecule has 4 atom stereocenters. The Hall–Kier alpha value is -1.82. The molecule has 2 aromatic carbocycles. The Kier molecular flexibility index (Phi) is 5.01. The van der Waals surface area contributed by atoms with Crippen LogP contribution < -0.4 is 0 Å². The fourth-order valence-electron chi connectivity index (χ4n) is 4.76. The van der Waals surface area contributed by atoms with E-state index in [0.29, 0.717) is 23.8 Å². The van der Waals surface area contributed by atoms with E-state index >= 15 is 0 Å². The number of hydrogen-bond acceptors (Lipinski definition) is 5. The Morgan fingerprint density at radius 1 is 1.07 bits per heavy atom. The van der Waals surface area contributed by atoms with Crippen molar-refractivity contribution >= 4 is 18.4 Å². The number of hydrogen-bond donors (Lipinski definition) is 3. The number of benzene rings is 2. The third kappa shape index (κ3) is 3.91. The van der Waals surface area contributed by atoms with Gasteiger partial charge in [0.1, 0.15) is 11.1 Å². The third-order valence-corrected chi connectivity index (χ3v) is 6.56. The zero-order valence-electron chi connectivity index (χ0n) is 15.2. The average molecular weight is 384 g/mol. The van der Waals surface area contributed by atoms with Crippen molar-refractivity contribution in [2.75, 3.05) is 13.1 Å². The maximum absolute atomic E-state index is 12.7. The number of phenolic OH excluding ortho intramolecular Hbond substituents is 1. The number of carbonyl (C=O) groups is 1. The molecule has 2 N–H and O–H groups in total. The van der Waals surface area contributed by atoms with Crippen LogP contribution in [0.4, 0.5) is 0 Å². The van der Waals surface area contributed by atoms with Gasteiger partial charge in [0.05, 0.1) is 5.60 Å². The van der Waals surface area contributed by atoms with Crippen LogP contribution in [0.25, 0.3) is 0 Å². The van der Waals surface area contributed by atoms with Crippen molar-refractivity contribution in [2.45, 2.75) is 30.2 Å². The van der Waals surface area contributed by atoms with Crippen LogP contribution in [0.3, 0.4) is 0 Å². The summed E-state index contributed by atoms with van der Waals surface area (Å²) in [5.74, 6) is 0.912. The predicted molar refractivity (Wildman–Crippen MR) is 108 cm³/mol. The number of fused-ring (bicyclic) bond motifs is 1. The van der Waals surface area contributed by atoms with Crippen molar-refractivity contribution in [3.8, 4) is 5.75 Å². The lowest BCUT2D eigenvalue weighted by Crippen LogP contribution is -2.38. The molecule has 5 heteroatoms. The van der Waals surface area contributed by atoms with E-state index in [0.717, 1.165) is 25.9 Å². The van der Waals surface area contributed by atoms with E-state index in [1.807, 2.05) is 18.2 Å². The number of Topliss-reactive ketones (excluding diaryl/α,β-unsaturated/α-hetero) is 1. The second kappa shape index (κ2) is 7.30. The quantitative estimate of drug-likeness (QED) is 0.548. The molecular weight excluding hydrogens is 358 g/mol. The number of phenols is 1. The minimum absolute atomic E-state index is 0.0437. The van der Waals surface area contributed by atoms with Gasteiger partial charge in [-0.2, -0.15) is 12.6 Å². The highest BCUT2D eigenvalue weighted by Crippen LogP contribution is 2.46. The zero-order chi connectivity index (χ0) is 19.0. The fourth-order valence-corrected chi connectivity index (χ4v) is 5.10. The molecule has 1 saturated carbocycles. The molecule has 1 heterocycles. The Labute approximate surface area is 165 Å². The number of aromatic hydroxyl groups is 1. The molecule has 2 aliphatic rings. The summed E-state index contributed by atoms with van der Waals surface area (Å²) in [6.07, 6.45) is 2.24. The Morgan fingerprint density at radius 3 is 2.26 bits per heavy atom. The summed E-state index contributed by atoms with van der Waals surface area (Å²) in [5, 5.41) is 20.0. The Balaban J connectivity index is 1.38. The number of likely N-dealkylation sites (tertiary alicyclic amines) is 1. The minimum atomic E-state index is -0.643. The van der Waals surface area contributed by atoms with Crippen molar-refractivity contribution in [3.05, 3.63) is 65.7 Å². The van der Waals surface area contributed by atoms with E-state index in [2.05, 4.69) is 29.7 Å². The number of thiol groups is 1. The molecule has 0 spiro atoms. The molecule has 0 radical (unpaired) electrons. The molecule has 1 saturated heterocycles. The first-order valence-corrected chi connectivity index (χ1v) is 9.97. The first-order chi connectivity index (χ1) is 12.9. The molecule has 1 unspecified atom stereocenters. The number of aliphatic hydroxyl groups is 1. The largest absolute Gasteiger partial charge is 0.508 e. The molecule has 27 heavy (non-hydrogen) atoms. The van der Waals surface area contributed by atoms with Crippen molar-refractivity contribution < 1.29 is 15.0 Å². The summed E-state index contributed by atoms with van der Waals surface area (Å²) in [4.78, 5) is 14.8. The van der Waals surface area contributed by atoms with Gasteiger partial charge in [0.25, 0.3) is 0 Å². The summed E-state index contributed by atoms with van der Waals surface area (Å²) < 4.78 is 0. The van der Waals surface area contributed by atoms with Crippen molar-refractivity contribution in [1.29, 1.82) is 0 Å². The Morgan fingerprint density at radius 2 is 1.67 bits per heavy atom. The van der Waals surface area contributed by atoms with Gasteiger partial charge < -0.3 is 10.2 Å². The van der Waals surface area contributed by atoms with Crippen LogP contribution >= 0.6 is 12.6 Å². The smallest absolute Gasteiger partial charge is 0.189 e. The summed E-state index contributed by atoms with van der Waals surface area (Å²) in [7, 11) is 0. The molecule has 4 nitrogen and oxygen atoms in total. The van der Waals surface area contributed by atoms with Gasteiger partial charge in [-0.25, -0.2) is 0 Å². The standard InChI is InChI=1S/C22H25NO3S/c24-19-8-6-16(7-9-19)20(25)21(27)23-13-17-11-22(26,12-18(17)14-23)10-15-4-2-1-3-5-15/h1-9,17-18,21,24,26-27H,10-14H2/t17-,18+,21?,22-. The number of carbonyl (C=O) groups excluding carboxylic acids is 1. The summed E-state index contributed by atoms with van der Waals surface area (Å²) >= 11 is 4.58. The molecule has 0 bridgehead atoms. The van der Waals surface area contributed by atoms with Crippen molar-refractivity contribution in [1.82, 2.24) is 4.90 Å². The summed E-state index contributed by atoms with van der Waals surface area (Å²) in [5.41, 5.74) is 1.09. The molecule has 142 valence electrons. The maximum atomic E-state index is 12.7. The summed E-state index contributed by atoms with van der Waals surface area (Å²) in [6, 6.07) is 16.5. The van der Waals surface area contributed by atoms with Gasteiger partial charge >= 0.3 is 0 Å². The molecule has 2 fully saturated rings. The molecule has 4 rings (SSSR count). The average Bonchev–Trinajstić information content (AvgIpc) is 3.16. The van der Waals surface area contributed by atoms with Crippen LogP contribution in [0, 0.1) is 11.8 Å². The van der Waals surface area contributed by atoms with Crippen LogP contribution in [0.2, 0.25) is 0 Å². The van der Waals surface area contributed by atoms with Crippen molar-refractivity contribution in [3.63, 3.8) is 0 Å². The highest BCUT2D eigenvalue weighted by Gasteiger charge is 2.49. The summed E-state index contributed by atoms with van der Waals surface area (Å²) in [6.45, 7) is 1.58. The molecule has 1 aliphatic heterocycles. The van der Waals surface area contributed by atoms with Gasteiger partial charge in [0, 0.05) is 25.1 Å². The molecular formula is C22H25NO3S. The van der Waals surface area contributed by atoms with E-state index in [9.17, 15) is 15.0 Å². The number of nitrogens with zero attached hydrogens (tertiary/aromatic N) is 1. The number of ketones is 1. The second-order valence-corrected chi connectivity index (χ2v) is 8.54.